The fourth-order valence-corrected chi connectivity index (χ4v) is 5.24. The maximum absolute atomic E-state index is 12.6. The monoisotopic (exact) mass is 508 g/mol. The van der Waals surface area contributed by atoms with Crippen LogP contribution in [0.4, 0.5) is 5.13 Å². The number of hydrogen-bond donors (Lipinski definition) is 1. The molecule has 0 unspecified atom stereocenters. The second-order valence-corrected chi connectivity index (χ2v) is 10.4. The normalized spacial score (nSPS) is 11.6. The summed E-state index contributed by atoms with van der Waals surface area (Å²) in [5.41, 5.74) is 1.15. The largest absolute Gasteiger partial charge is 0.379 e. The summed E-state index contributed by atoms with van der Waals surface area (Å²) in [5, 5.41) is 22.9. The molecule has 0 aliphatic carbocycles. The van der Waals surface area contributed by atoms with E-state index in [2.05, 4.69) is 15.5 Å². The minimum Gasteiger partial charge on any atom is -0.379 e. The summed E-state index contributed by atoms with van der Waals surface area (Å²) in [4.78, 5) is 13.5. The van der Waals surface area contributed by atoms with E-state index in [1.54, 1.807) is 24.3 Å². The van der Waals surface area contributed by atoms with Crippen LogP contribution in [0, 0.1) is 18.3 Å². The number of nitriles is 1. The smallest absolute Gasteiger partial charge is 0.339 e. The number of amides is 1. The molecule has 0 spiro atoms. The van der Waals surface area contributed by atoms with Crippen LogP contribution >= 0.6 is 22.7 Å². The Kier molecular flexibility index (Phi) is 6.83. The molecule has 2 aromatic carbocycles. The van der Waals surface area contributed by atoms with Crippen molar-refractivity contribution in [1.29, 1.82) is 5.26 Å². The molecular formula is C23H16N4O4S3. The van der Waals surface area contributed by atoms with Crippen molar-refractivity contribution in [1.82, 2.24) is 10.2 Å². The van der Waals surface area contributed by atoms with E-state index in [-0.39, 0.29) is 21.3 Å². The molecule has 0 saturated carbocycles. The Morgan fingerprint density at radius 2 is 1.91 bits per heavy atom. The Hall–Kier alpha value is -3.85. The first-order valence-corrected chi connectivity index (χ1v) is 12.9. The Labute approximate surface area is 203 Å². The highest BCUT2D eigenvalue weighted by Crippen LogP contribution is 2.30. The molecule has 0 radical (unpaired) electrons. The quantitative estimate of drug-likeness (QED) is 0.214. The highest BCUT2D eigenvalue weighted by Gasteiger charge is 2.17. The van der Waals surface area contributed by atoms with Crippen molar-refractivity contribution in [3.63, 3.8) is 0 Å². The lowest BCUT2D eigenvalue weighted by Gasteiger charge is -2.08. The molecule has 11 heteroatoms. The number of anilines is 1. The molecule has 0 aliphatic rings. The highest BCUT2D eigenvalue weighted by molar-refractivity contribution is 7.87. The molecule has 1 amide bonds. The van der Waals surface area contributed by atoms with Gasteiger partial charge in [0.15, 0.2) is 5.01 Å². The molecule has 170 valence electrons. The van der Waals surface area contributed by atoms with Crippen LogP contribution in [0.25, 0.3) is 16.0 Å². The van der Waals surface area contributed by atoms with E-state index in [1.165, 1.54) is 53.0 Å². The summed E-state index contributed by atoms with van der Waals surface area (Å²) >= 11 is 2.70. The summed E-state index contributed by atoms with van der Waals surface area (Å²) in [6, 6.07) is 18.0. The number of carbonyl (C=O) groups is 1. The number of aryl methyl sites for hydroxylation is 1. The molecule has 0 bridgehead atoms. The predicted molar refractivity (Wildman–Crippen MR) is 131 cm³/mol. The lowest BCUT2D eigenvalue weighted by Crippen LogP contribution is -2.13. The fourth-order valence-electron chi connectivity index (χ4n) is 2.79. The van der Waals surface area contributed by atoms with Gasteiger partial charge in [-0.2, -0.15) is 13.7 Å². The summed E-state index contributed by atoms with van der Waals surface area (Å²) in [6.45, 7) is 1.85. The minimum absolute atomic E-state index is 0.0233. The zero-order chi connectivity index (χ0) is 24.1. The lowest BCUT2D eigenvalue weighted by molar-refractivity contribution is -0.112. The Bertz CT molecular complexity index is 1500. The van der Waals surface area contributed by atoms with Crippen molar-refractivity contribution >= 4 is 49.9 Å². The molecule has 4 rings (SSSR count). The van der Waals surface area contributed by atoms with E-state index in [0.717, 1.165) is 10.4 Å². The summed E-state index contributed by atoms with van der Waals surface area (Å²) in [6.07, 6.45) is 1.34. The number of nitrogens with zero attached hydrogens (tertiary/aromatic N) is 3. The second kappa shape index (κ2) is 9.96. The molecule has 34 heavy (non-hydrogen) atoms. The molecule has 0 saturated heterocycles. The van der Waals surface area contributed by atoms with Crippen LogP contribution in [0.5, 0.6) is 5.75 Å². The summed E-state index contributed by atoms with van der Waals surface area (Å²) in [5.74, 6) is -0.605. The van der Waals surface area contributed by atoms with Gasteiger partial charge in [-0.3, -0.25) is 10.1 Å². The van der Waals surface area contributed by atoms with Crippen LogP contribution in [-0.2, 0) is 14.9 Å². The van der Waals surface area contributed by atoms with Crippen LogP contribution in [0.15, 0.2) is 76.5 Å². The zero-order valence-corrected chi connectivity index (χ0v) is 20.1. The van der Waals surface area contributed by atoms with Crippen molar-refractivity contribution in [3.05, 3.63) is 82.7 Å². The Balaban J connectivity index is 1.50. The molecule has 0 fully saturated rings. The van der Waals surface area contributed by atoms with E-state index in [0.29, 0.717) is 10.6 Å². The summed E-state index contributed by atoms with van der Waals surface area (Å²) in [7, 11) is -4.03. The van der Waals surface area contributed by atoms with Gasteiger partial charge in [0.1, 0.15) is 22.3 Å². The first-order valence-electron chi connectivity index (χ1n) is 9.76. The van der Waals surface area contributed by atoms with Crippen LogP contribution in [-0.4, -0.2) is 24.5 Å². The molecule has 2 aromatic heterocycles. The van der Waals surface area contributed by atoms with E-state index >= 15 is 0 Å². The highest BCUT2D eigenvalue weighted by atomic mass is 32.2. The molecular weight excluding hydrogens is 492 g/mol. The van der Waals surface area contributed by atoms with Crippen molar-refractivity contribution in [2.75, 3.05) is 5.32 Å². The van der Waals surface area contributed by atoms with E-state index in [9.17, 15) is 18.5 Å². The Morgan fingerprint density at radius 3 is 2.62 bits per heavy atom. The molecule has 1 N–H and O–H groups in total. The molecule has 0 aliphatic heterocycles. The van der Waals surface area contributed by atoms with Gasteiger partial charge in [-0.25, -0.2) is 0 Å². The van der Waals surface area contributed by atoms with Gasteiger partial charge in [0.2, 0.25) is 5.13 Å². The van der Waals surface area contributed by atoms with Gasteiger partial charge in [0.05, 0.1) is 4.88 Å². The van der Waals surface area contributed by atoms with Crippen LogP contribution in [0.2, 0.25) is 0 Å². The number of thiophene rings is 1. The lowest BCUT2D eigenvalue weighted by atomic mass is 10.1. The van der Waals surface area contributed by atoms with Gasteiger partial charge in [-0.1, -0.05) is 47.2 Å². The molecule has 4 aromatic rings. The number of carbonyl (C=O) groups excluding carboxylic acids is 1. The third kappa shape index (κ3) is 5.55. The zero-order valence-electron chi connectivity index (χ0n) is 17.6. The Morgan fingerprint density at radius 1 is 1.12 bits per heavy atom. The maximum atomic E-state index is 12.6. The van der Waals surface area contributed by atoms with Crippen LogP contribution in [0.1, 0.15) is 11.1 Å². The average Bonchev–Trinajstić information content (AvgIpc) is 3.50. The van der Waals surface area contributed by atoms with Gasteiger partial charge < -0.3 is 4.18 Å². The molecule has 0 atom stereocenters. The first kappa shape index (κ1) is 23.3. The van der Waals surface area contributed by atoms with Crippen molar-refractivity contribution in [3.8, 4) is 21.7 Å². The predicted octanol–water partition coefficient (Wildman–Crippen LogP) is 4.89. The van der Waals surface area contributed by atoms with E-state index < -0.39 is 16.0 Å². The second-order valence-electron chi connectivity index (χ2n) is 6.94. The third-order valence-corrected chi connectivity index (χ3v) is 7.57. The van der Waals surface area contributed by atoms with Crippen molar-refractivity contribution in [2.45, 2.75) is 11.8 Å². The third-order valence-electron chi connectivity index (χ3n) is 4.43. The molecule has 2 heterocycles. The van der Waals surface area contributed by atoms with Crippen molar-refractivity contribution < 1.29 is 17.4 Å². The SMILES string of the molecule is Cc1ccc(S(=O)(=O)Oc2cccc(/C=C(\C#N)C(=O)Nc3nnc(-c4cccs4)s3)c2)cc1. The van der Waals surface area contributed by atoms with Crippen molar-refractivity contribution in [2.24, 2.45) is 0 Å². The molecule has 8 nitrogen and oxygen atoms in total. The number of aromatic nitrogens is 2. The summed E-state index contributed by atoms with van der Waals surface area (Å²) < 4.78 is 30.3. The van der Waals surface area contributed by atoms with Crippen LogP contribution < -0.4 is 9.50 Å². The maximum Gasteiger partial charge on any atom is 0.339 e. The fraction of sp³-hybridized carbons (Fsp3) is 0.0435. The van der Waals surface area contributed by atoms with Gasteiger partial charge in [-0.15, -0.1) is 21.5 Å². The average molecular weight is 509 g/mol. The number of nitrogens with one attached hydrogen (secondary N) is 1. The van der Waals surface area contributed by atoms with Crippen LogP contribution in [0.3, 0.4) is 0 Å². The minimum atomic E-state index is -4.03. The number of benzene rings is 2. The van der Waals surface area contributed by atoms with Gasteiger partial charge in [-0.05, 0) is 54.3 Å². The van der Waals surface area contributed by atoms with E-state index in [4.69, 9.17) is 4.18 Å². The topological polar surface area (TPSA) is 122 Å². The van der Waals surface area contributed by atoms with Gasteiger partial charge >= 0.3 is 10.1 Å². The number of hydrogen-bond acceptors (Lipinski definition) is 9. The first-order chi connectivity index (χ1) is 16.3. The van der Waals surface area contributed by atoms with E-state index in [1.807, 2.05) is 30.5 Å². The standard InChI is InChI=1S/C23H16N4O4S3/c1-15-7-9-19(10-8-15)34(29,30)31-18-5-2-4-16(13-18)12-17(14-24)21(28)25-23-27-26-22(33-23)20-6-3-11-32-20/h2-13H,1H3,(H,25,27,28)/b17-12+. The van der Waals surface area contributed by atoms with Gasteiger partial charge in [0, 0.05) is 0 Å². The number of rotatable bonds is 7. The van der Waals surface area contributed by atoms with Gasteiger partial charge in [0.25, 0.3) is 5.91 Å².